The zero-order chi connectivity index (χ0) is 59.6. The number of primary amides is 2. The molecule has 5 rings (SSSR count). The maximum absolute atomic E-state index is 14.1. The molecule has 2 saturated heterocycles. The fraction of sp³-hybridized carbons (Fsp3) is 0.673. The molecule has 18 N–H and O–H groups in total. The van der Waals surface area contributed by atoms with Crippen LogP contribution in [0, 0.1) is 5.92 Å². The van der Waals surface area contributed by atoms with Crippen molar-refractivity contribution in [3.63, 3.8) is 0 Å². The number of fused-ring (bicyclic) bond motifs is 2. The van der Waals surface area contributed by atoms with E-state index in [0.29, 0.717) is 49.0 Å². The number of urea groups is 1. The Labute approximate surface area is 477 Å². The summed E-state index contributed by atoms with van der Waals surface area (Å²) in [4.78, 5) is 150. The molecule has 2 fully saturated rings. The molecular weight excluding hydrogens is 1100 g/mol. The number of hydrogen-bond acceptors (Lipinski definition) is 20. The van der Waals surface area contributed by atoms with Crippen LogP contribution in [0.5, 0.6) is 0 Å². The number of amides is 12. The van der Waals surface area contributed by atoms with Crippen molar-refractivity contribution in [2.45, 2.75) is 132 Å². The lowest BCUT2D eigenvalue weighted by molar-refractivity contribution is -0.137. The first-order chi connectivity index (χ1) is 39.3. The van der Waals surface area contributed by atoms with Gasteiger partial charge in [-0.15, -0.1) is 5.53 Å². The van der Waals surface area contributed by atoms with Gasteiger partial charge in [0.25, 0.3) is 0 Å². The molecule has 33 heteroatoms. The number of H-pyrrole nitrogens is 1. The summed E-state index contributed by atoms with van der Waals surface area (Å²) in [5.41, 5.74) is 17.7. The number of aliphatic hydroxyl groups is 1. The van der Waals surface area contributed by atoms with E-state index in [1.165, 1.54) is 12.5 Å². The largest absolute Gasteiger partial charge is 0.394 e. The lowest BCUT2D eigenvalue weighted by Crippen LogP contribution is -2.61. The summed E-state index contributed by atoms with van der Waals surface area (Å²) in [6.45, 7) is 2.34. The summed E-state index contributed by atoms with van der Waals surface area (Å²) in [5, 5.41) is 38.2. The number of aromatic nitrogens is 2. The summed E-state index contributed by atoms with van der Waals surface area (Å²) in [7, 11) is 0. The van der Waals surface area contributed by atoms with E-state index in [2.05, 4.69) is 74.1 Å². The Bertz CT molecular complexity index is 2390. The van der Waals surface area contributed by atoms with Gasteiger partial charge in [0.1, 0.15) is 42.9 Å². The number of carbonyl (C=O) groups excluding carboxylic acids is 11. The lowest BCUT2D eigenvalue weighted by atomic mass is 10.0. The molecule has 2 bridgehead atoms. The number of nitrogens with zero attached hydrogens (tertiary/aromatic N) is 2. The number of carbonyl (C=O) groups is 11. The average molecular weight is 1180 g/mol. The van der Waals surface area contributed by atoms with E-state index in [0.717, 1.165) is 25.0 Å². The van der Waals surface area contributed by atoms with Gasteiger partial charge in [-0.2, -0.15) is 11.8 Å². The summed E-state index contributed by atoms with van der Waals surface area (Å²) < 4.78 is 16.5. The summed E-state index contributed by atoms with van der Waals surface area (Å²) in [6, 6.07) is -8.62. The molecule has 0 radical (unpaired) electrons. The van der Waals surface area contributed by atoms with Gasteiger partial charge in [-0.25, -0.2) is 9.78 Å². The molecule has 5 heterocycles. The minimum absolute atomic E-state index is 0.0306. The summed E-state index contributed by atoms with van der Waals surface area (Å²) >= 11 is 1.84. The highest BCUT2D eigenvalue weighted by atomic mass is 32.2. The lowest BCUT2D eigenvalue weighted by Gasteiger charge is -2.28. The molecule has 4 aliphatic heterocycles. The van der Waals surface area contributed by atoms with E-state index in [-0.39, 0.29) is 76.3 Å². The highest BCUT2D eigenvalue weighted by molar-refractivity contribution is 8.00. The van der Waals surface area contributed by atoms with E-state index in [4.69, 9.17) is 25.7 Å². The van der Waals surface area contributed by atoms with E-state index >= 15 is 0 Å². The molecule has 1 aromatic heterocycles. The molecule has 0 aliphatic carbocycles. The number of imidazole rings is 1. The summed E-state index contributed by atoms with van der Waals surface area (Å²) in [5.74, 6) is -8.10. The molecule has 82 heavy (non-hydrogen) atoms. The summed E-state index contributed by atoms with van der Waals surface area (Å²) in [6.07, 6.45) is 7.04. The number of nitrogens with two attached hydrogens (primary N) is 2. The number of aromatic amines is 1. The monoisotopic (exact) mass is 1180 g/mol. The first-order valence-corrected chi connectivity index (χ1v) is 28.3. The Morgan fingerprint density at radius 3 is 2.24 bits per heavy atom. The van der Waals surface area contributed by atoms with Crippen molar-refractivity contribution in [1.82, 2.24) is 79.1 Å². The van der Waals surface area contributed by atoms with Crippen molar-refractivity contribution in [2.75, 3.05) is 71.6 Å². The Kier molecular flexibility index (Phi) is 27.3. The Hall–Kier alpha value is -7.33. The van der Waals surface area contributed by atoms with Crippen molar-refractivity contribution in [2.24, 2.45) is 17.4 Å². The van der Waals surface area contributed by atoms with Gasteiger partial charge in [-0.3, -0.25) is 53.0 Å². The minimum atomic E-state index is -1.77. The second-order valence-electron chi connectivity index (χ2n) is 20.2. The number of hydrogen-bond donors (Lipinski definition) is 16. The van der Waals surface area contributed by atoms with Gasteiger partial charge in [-0.1, -0.05) is 20.3 Å². The zero-order valence-corrected chi connectivity index (χ0v) is 46.8. The van der Waals surface area contributed by atoms with Gasteiger partial charge in [0.05, 0.1) is 71.0 Å². The zero-order valence-electron chi connectivity index (χ0n) is 46.0. The van der Waals surface area contributed by atoms with E-state index in [9.17, 15) is 57.8 Å². The van der Waals surface area contributed by atoms with E-state index in [1.807, 2.05) is 11.8 Å². The second-order valence-corrected chi connectivity index (χ2v) is 21.5. The molecule has 4 aliphatic rings. The van der Waals surface area contributed by atoms with Gasteiger partial charge < -0.3 is 94.4 Å². The molecule has 0 spiro atoms. The number of thioether (sulfide) groups is 1. The molecule has 32 nitrogen and oxygen atoms in total. The van der Waals surface area contributed by atoms with Crippen molar-refractivity contribution >= 4 is 76.9 Å². The highest BCUT2D eigenvalue weighted by Gasteiger charge is 2.43. The predicted octanol–water partition coefficient (Wildman–Crippen LogP) is -6.38. The van der Waals surface area contributed by atoms with Crippen LogP contribution in [0.1, 0.15) is 77.3 Å². The Balaban J connectivity index is 1.15. The van der Waals surface area contributed by atoms with Crippen LogP contribution in [0.15, 0.2) is 24.4 Å². The first-order valence-electron chi connectivity index (χ1n) is 27.2. The third kappa shape index (κ3) is 22.5. The third-order valence-electron chi connectivity index (χ3n) is 13.3. The molecule has 1 unspecified atom stereocenters. The smallest absolute Gasteiger partial charge is 0.315 e. The fourth-order valence-corrected chi connectivity index (χ4v) is 10.5. The normalized spacial score (nSPS) is 25.3. The molecule has 12 amide bonds. The standard InChI is InChI=1S/C49H79N17O15S/c1-27(2)41-48(77)59-31(17-28-20-52-26-55-28)44(73)54-21-39(70)56-30(43(51)72)7-5-6-11-66-22-29(64-65-66)18-32(45(74)58-33(19-37(50)68)46(75)60-34(23-67)47(76)62-41)57-40(71)24-81-16-15-80-14-13-79-12-10-53-38(69)9-4-3-8-36-42-35(25-82-36)61-49(78)63-42/h20,22,26-27,30-36,41-42,64-65,67H,3-19,21,23-25H2,1-2H3,(H2,50,68)(H2,51,72)(H,52,55)(H,53,69)(H,54,73)(H,56,70)(H,57,71)(H,58,74)(H,59,77)(H,60,75)(H,62,76)(H2,61,63,78)/t30-,31+,32-,33+,34+,35+,36?,41+,42+/m0/s1. The number of ether oxygens (including phenoxy) is 3. The maximum atomic E-state index is 14.1. The molecule has 0 aromatic carbocycles. The number of unbranched alkanes of at least 4 members (excludes halogenated alkanes) is 1. The van der Waals surface area contributed by atoms with E-state index in [1.54, 1.807) is 25.1 Å². The van der Waals surface area contributed by atoms with Crippen LogP contribution >= 0.6 is 11.8 Å². The second kappa shape index (κ2) is 34.2. The van der Waals surface area contributed by atoms with Crippen molar-refractivity contribution in [3.8, 4) is 0 Å². The Morgan fingerprint density at radius 2 is 1.54 bits per heavy atom. The molecule has 0 saturated carbocycles. The number of nitrogens with one attached hydrogen (secondary N) is 13. The van der Waals surface area contributed by atoms with Crippen LogP contribution in [0.4, 0.5) is 4.79 Å². The highest BCUT2D eigenvalue weighted by Crippen LogP contribution is 2.33. The van der Waals surface area contributed by atoms with Crippen molar-refractivity contribution in [3.05, 3.63) is 30.1 Å². The van der Waals surface area contributed by atoms with Gasteiger partial charge in [0.2, 0.25) is 59.1 Å². The topological polar surface area (TPSA) is 464 Å². The van der Waals surface area contributed by atoms with Gasteiger partial charge in [-0.05, 0) is 38.0 Å². The fourth-order valence-electron chi connectivity index (χ4n) is 8.99. The van der Waals surface area contributed by atoms with Gasteiger partial charge >= 0.3 is 6.03 Å². The van der Waals surface area contributed by atoms with Crippen LogP contribution in [0.25, 0.3) is 0 Å². The third-order valence-corrected chi connectivity index (χ3v) is 14.8. The average Bonchev–Trinajstić information content (AvgIpc) is 4.29. The minimum Gasteiger partial charge on any atom is -0.394 e. The van der Waals surface area contributed by atoms with Crippen LogP contribution in [-0.4, -0.2) is 210 Å². The van der Waals surface area contributed by atoms with Crippen LogP contribution in [-0.2, 0) is 68.6 Å². The SMILES string of the molecule is CC(C)[C@H]1NC(=O)[C@@H](CO)NC(=O)[C@@H](CC(N)=O)NC(=O)[C@@H](NC(=O)COCCOCCOCCNC(=O)CCCCC2SC[C@H]3NC(=O)N[C@@H]23)CC2=CN(CCCC[C@@H](C(N)=O)NC(=O)CNC(=O)[C@@H](Cc3cnc[nH]3)NC1=O)NN2. The van der Waals surface area contributed by atoms with Crippen LogP contribution < -0.4 is 75.6 Å². The van der Waals surface area contributed by atoms with Gasteiger partial charge in [0.15, 0.2) is 0 Å². The quantitative estimate of drug-likeness (QED) is 0.0338. The maximum Gasteiger partial charge on any atom is 0.315 e. The molecular formula is C49H79N17O15S. The van der Waals surface area contributed by atoms with E-state index < -0.39 is 122 Å². The molecule has 1 aromatic rings. The van der Waals surface area contributed by atoms with Crippen LogP contribution in [0.3, 0.4) is 0 Å². The predicted molar refractivity (Wildman–Crippen MR) is 291 cm³/mol. The number of rotatable bonds is 24. The van der Waals surface area contributed by atoms with Crippen LogP contribution in [0.2, 0.25) is 0 Å². The van der Waals surface area contributed by atoms with Gasteiger partial charge in [0, 0.05) is 67.1 Å². The number of aliphatic hydroxyl groups excluding tert-OH is 1. The number of hydrazine groups is 2. The molecule has 456 valence electrons. The molecule has 9 atom stereocenters. The first kappa shape index (κ1) is 65.5. The Morgan fingerprint density at radius 1 is 0.817 bits per heavy atom. The van der Waals surface area contributed by atoms with Crippen molar-refractivity contribution in [1.29, 1.82) is 0 Å². The van der Waals surface area contributed by atoms with Crippen molar-refractivity contribution < 1.29 is 72.1 Å².